The fraction of sp³-hybridized carbons (Fsp3) is 0.600. The molecule has 4 nitrogen and oxygen atoms in total. The average molecular weight is 553 g/mol. The number of alkyl halides is 1. The number of hydrogen-bond acceptors (Lipinski definition) is 4. The normalized spacial score (nSPS) is 18.6. The quantitative estimate of drug-likeness (QED) is 0.154. The van der Waals surface area contributed by atoms with Gasteiger partial charge in [0.1, 0.15) is 6.10 Å². The van der Waals surface area contributed by atoms with E-state index in [2.05, 4.69) is 31.2 Å². The maximum Gasteiger partial charge on any atom is 0.340 e. The molecule has 2 atom stereocenters. The molecule has 0 amide bonds. The third kappa shape index (κ3) is 10.7. The molecule has 0 radical (unpaired) electrons. The Morgan fingerprint density at radius 3 is 2.08 bits per heavy atom. The molecule has 3 rings (SSSR count). The predicted octanol–water partition coefficient (Wildman–Crippen LogP) is 9.43. The van der Waals surface area contributed by atoms with Crippen LogP contribution >= 0.6 is 0 Å². The van der Waals surface area contributed by atoms with E-state index < -0.39 is 12.1 Å². The molecule has 0 aliphatic heterocycles. The number of esters is 2. The number of hydrogen-bond donors (Lipinski definition) is 0. The van der Waals surface area contributed by atoms with Gasteiger partial charge in [0.2, 0.25) is 0 Å². The van der Waals surface area contributed by atoms with Gasteiger partial charge in [-0.15, -0.1) is 0 Å². The summed E-state index contributed by atoms with van der Waals surface area (Å²) in [5.41, 5.74) is 4.10. The molecule has 0 heterocycles. The molecule has 5 heteroatoms. The van der Waals surface area contributed by atoms with E-state index >= 15 is 0 Å². The lowest BCUT2D eigenvalue weighted by Gasteiger charge is -2.28. The third-order valence-corrected chi connectivity index (χ3v) is 8.17. The summed E-state index contributed by atoms with van der Waals surface area (Å²) < 4.78 is 25.0. The molecule has 1 saturated carbocycles. The number of benzene rings is 2. The Morgan fingerprint density at radius 2 is 1.45 bits per heavy atom. The zero-order chi connectivity index (χ0) is 28.7. The third-order valence-electron chi connectivity index (χ3n) is 8.17. The molecule has 1 aliphatic carbocycles. The number of carbonyl (C=O) groups excluding carboxylic acids is 2. The van der Waals surface area contributed by atoms with Crippen LogP contribution in [0, 0.1) is 5.92 Å². The van der Waals surface area contributed by atoms with Crippen molar-refractivity contribution in [2.24, 2.45) is 5.92 Å². The molecule has 1 aliphatic rings. The Labute approximate surface area is 241 Å². The summed E-state index contributed by atoms with van der Waals surface area (Å²) in [5, 5.41) is 0. The SMILES string of the molecule is CCCCCC[C@@H](C)OC(=O)c1ccc(-c2ccc(CC[C@H]3CC[C@H](OC(=O)[C@@H](F)CCCC)CC3)cc2)cc1. The van der Waals surface area contributed by atoms with Crippen molar-refractivity contribution in [2.45, 2.75) is 129 Å². The molecular formula is C35H49FO4. The van der Waals surface area contributed by atoms with Crippen LogP contribution in [0.1, 0.15) is 120 Å². The van der Waals surface area contributed by atoms with Crippen molar-refractivity contribution in [1.29, 1.82) is 0 Å². The minimum atomic E-state index is -1.48. The first kappa shape index (κ1) is 31.8. The van der Waals surface area contributed by atoms with Crippen LogP contribution in [-0.4, -0.2) is 30.3 Å². The molecule has 0 N–H and O–H groups in total. The van der Waals surface area contributed by atoms with Gasteiger partial charge in [0.15, 0.2) is 6.17 Å². The summed E-state index contributed by atoms with van der Waals surface area (Å²) in [5.74, 6) is -0.313. The Balaban J connectivity index is 1.39. The highest BCUT2D eigenvalue weighted by Gasteiger charge is 2.27. The van der Waals surface area contributed by atoms with Crippen LogP contribution in [0.3, 0.4) is 0 Å². The van der Waals surface area contributed by atoms with Gasteiger partial charge in [-0.2, -0.15) is 0 Å². The van der Waals surface area contributed by atoms with E-state index in [4.69, 9.17) is 9.47 Å². The maximum absolute atomic E-state index is 13.9. The lowest BCUT2D eigenvalue weighted by molar-refractivity contribution is -0.157. The number of carbonyl (C=O) groups is 2. The molecule has 0 spiro atoms. The van der Waals surface area contributed by atoms with E-state index in [0.717, 1.165) is 68.9 Å². The van der Waals surface area contributed by atoms with Gasteiger partial charge in [-0.3, -0.25) is 0 Å². The fourth-order valence-corrected chi connectivity index (χ4v) is 5.48. The molecular weight excluding hydrogens is 503 g/mol. The fourth-order valence-electron chi connectivity index (χ4n) is 5.48. The van der Waals surface area contributed by atoms with E-state index in [1.54, 1.807) is 0 Å². The number of halogens is 1. The van der Waals surface area contributed by atoms with Crippen molar-refractivity contribution in [3.8, 4) is 11.1 Å². The van der Waals surface area contributed by atoms with Crippen molar-refractivity contribution < 1.29 is 23.5 Å². The molecule has 1 fully saturated rings. The highest BCUT2D eigenvalue weighted by Crippen LogP contribution is 2.30. The van der Waals surface area contributed by atoms with Crippen LogP contribution in [0.25, 0.3) is 11.1 Å². The zero-order valence-electron chi connectivity index (χ0n) is 24.8. The van der Waals surface area contributed by atoms with Gasteiger partial charge >= 0.3 is 11.9 Å². The van der Waals surface area contributed by atoms with E-state index in [1.165, 1.54) is 24.8 Å². The second-order valence-electron chi connectivity index (χ2n) is 11.6. The molecule has 0 aromatic heterocycles. The lowest BCUT2D eigenvalue weighted by Crippen LogP contribution is -2.29. The smallest absolute Gasteiger partial charge is 0.340 e. The first-order valence-corrected chi connectivity index (χ1v) is 15.6. The van der Waals surface area contributed by atoms with Crippen molar-refractivity contribution in [3.05, 3.63) is 59.7 Å². The first-order chi connectivity index (χ1) is 19.4. The van der Waals surface area contributed by atoms with Crippen molar-refractivity contribution in [3.63, 3.8) is 0 Å². The van der Waals surface area contributed by atoms with E-state index in [9.17, 15) is 14.0 Å². The van der Waals surface area contributed by atoms with Crippen LogP contribution < -0.4 is 0 Å². The summed E-state index contributed by atoms with van der Waals surface area (Å²) in [6.45, 7) is 6.16. The molecule has 2 aromatic carbocycles. The van der Waals surface area contributed by atoms with Crippen molar-refractivity contribution in [1.82, 2.24) is 0 Å². The van der Waals surface area contributed by atoms with Gasteiger partial charge in [-0.25, -0.2) is 14.0 Å². The minimum absolute atomic E-state index is 0.0615. The first-order valence-electron chi connectivity index (χ1n) is 15.6. The number of unbranched alkanes of at least 4 members (excludes halogenated alkanes) is 4. The van der Waals surface area contributed by atoms with Gasteiger partial charge in [-0.05, 0) is 99.5 Å². The van der Waals surface area contributed by atoms with E-state index in [-0.39, 0.29) is 24.6 Å². The van der Waals surface area contributed by atoms with Crippen LogP contribution in [0.4, 0.5) is 4.39 Å². The summed E-state index contributed by atoms with van der Waals surface area (Å²) in [7, 11) is 0. The molecule has 40 heavy (non-hydrogen) atoms. The summed E-state index contributed by atoms with van der Waals surface area (Å²) in [4.78, 5) is 24.5. The van der Waals surface area contributed by atoms with Crippen LogP contribution in [0.2, 0.25) is 0 Å². The van der Waals surface area contributed by atoms with E-state index in [0.29, 0.717) is 17.9 Å². The molecule has 0 saturated heterocycles. The summed E-state index contributed by atoms with van der Waals surface area (Å²) >= 11 is 0. The minimum Gasteiger partial charge on any atom is -0.460 e. The maximum atomic E-state index is 13.9. The Hall–Kier alpha value is -2.69. The predicted molar refractivity (Wildman–Crippen MR) is 160 cm³/mol. The van der Waals surface area contributed by atoms with Gasteiger partial charge < -0.3 is 9.47 Å². The van der Waals surface area contributed by atoms with Gasteiger partial charge in [0, 0.05) is 0 Å². The standard InChI is InChI=1S/C35H49FO4/c1-4-6-8-9-10-26(3)39-34(37)31-22-20-30(21-23-31)29-18-14-27(15-19-29)12-13-28-16-24-32(25-17-28)40-35(38)33(36)11-7-5-2/h14-15,18-23,26,28,32-33H,4-13,16-17,24-25H2,1-3H3/t26-,28-,32-,33+/m1/s1. The highest BCUT2D eigenvalue weighted by atomic mass is 19.1. The highest BCUT2D eigenvalue weighted by molar-refractivity contribution is 5.90. The van der Waals surface area contributed by atoms with Gasteiger partial charge in [-0.1, -0.05) is 82.3 Å². The number of rotatable bonds is 16. The number of aryl methyl sites for hydroxylation is 1. The summed E-state index contributed by atoms with van der Waals surface area (Å²) in [6.07, 6.45) is 11.6. The molecule has 0 bridgehead atoms. The molecule has 2 aromatic rings. The Kier molecular flexibility index (Phi) is 13.7. The molecule has 220 valence electrons. The van der Waals surface area contributed by atoms with Gasteiger partial charge in [0.05, 0.1) is 11.7 Å². The zero-order valence-corrected chi connectivity index (χ0v) is 24.8. The van der Waals surface area contributed by atoms with Gasteiger partial charge in [0.25, 0.3) is 0 Å². The molecule has 0 unspecified atom stereocenters. The Bertz CT molecular complexity index is 1010. The van der Waals surface area contributed by atoms with Crippen LogP contribution in [0.15, 0.2) is 48.5 Å². The second kappa shape index (κ2) is 17.2. The summed E-state index contributed by atoms with van der Waals surface area (Å²) in [6, 6.07) is 16.3. The van der Waals surface area contributed by atoms with Crippen molar-refractivity contribution >= 4 is 11.9 Å². The van der Waals surface area contributed by atoms with Crippen LogP contribution in [0.5, 0.6) is 0 Å². The van der Waals surface area contributed by atoms with Crippen molar-refractivity contribution in [2.75, 3.05) is 0 Å². The monoisotopic (exact) mass is 552 g/mol. The number of ether oxygens (including phenoxy) is 2. The lowest BCUT2D eigenvalue weighted by atomic mass is 9.83. The average Bonchev–Trinajstić information content (AvgIpc) is 2.98. The van der Waals surface area contributed by atoms with E-state index in [1.807, 2.05) is 38.1 Å². The second-order valence-corrected chi connectivity index (χ2v) is 11.6. The topological polar surface area (TPSA) is 52.6 Å². The Morgan fingerprint density at radius 1 is 0.825 bits per heavy atom. The van der Waals surface area contributed by atoms with Crippen LogP contribution in [-0.2, 0) is 20.7 Å². The largest absolute Gasteiger partial charge is 0.460 e.